The van der Waals surface area contributed by atoms with Gasteiger partial charge in [-0.25, -0.2) is 4.79 Å². The highest BCUT2D eigenvalue weighted by Gasteiger charge is 2.18. The van der Waals surface area contributed by atoms with Crippen LogP contribution in [-0.4, -0.2) is 30.2 Å². The van der Waals surface area contributed by atoms with Gasteiger partial charge in [0.15, 0.2) is 0 Å². The molecule has 0 unspecified atom stereocenters. The second kappa shape index (κ2) is 7.12. The third-order valence-electron chi connectivity index (χ3n) is 3.12. The van der Waals surface area contributed by atoms with E-state index in [1.807, 2.05) is 45.9 Å². The van der Waals surface area contributed by atoms with Gasteiger partial charge in [0.05, 0.1) is 6.07 Å². The molecule has 1 amide bonds. The van der Waals surface area contributed by atoms with E-state index in [0.717, 1.165) is 24.0 Å². The number of likely N-dealkylation sites (N-methyl/N-ethyl adjacent to an activating group) is 1. The van der Waals surface area contributed by atoms with Crippen molar-refractivity contribution in [3.8, 4) is 6.07 Å². The first kappa shape index (κ1) is 17.0. The molecule has 0 fully saturated rings. The fraction of sp³-hybridized carbons (Fsp3) is 0.529. The summed E-state index contributed by atoms with van der Waals surface area (Å²) in [5.74, 6) is 0. The zero-order chi connectivity index (χ0) is 16.0. The van der Waals surface area contributed by atoms with Crippen molar-refractivity contribution in [2.45, 2.75) is 46.1 Å². The van der Waals surface area contributed by atoms with E-state index < -0.39 is 5.60 Å². The van der Waals surface area contributed by atoms with E-state index in [1.165, 1.54) is 0 Å². The summed E-state index contributed by atoms with van der Waals surface area (Å²) in [6, 6.07) is 2.17. The highest BCUT2D eigenvalue weighted by atomic mass is 16.6. The number of nitriles is 1. The summed E-state index contributed by atoms with van der Waals surface area (Å²) in [5, 5.41) is 8.94. The minimum Gasteiger partial charge on any atom is -0.444 e. The maximum absolute atomic E-state index is 11.9. The van der Waals surface area contributed by atoms with Gasteiger partial charge in [0, 0.05) is 19.2 Å². The topological polar surface area (TPSA) is 53.3 Å². The summed E-state index contributed by atoms with van der Waals surface area (Å²) in [6.07, 6.45) is 7.36. The Morgan fingerprint density at radius 3 is 2.76 bits per heavy atom. The van der Waals surface area contributed by atoms with Crippen molar-refractivity contribution in [2.24, 2.45) is 0 Å². The van der Waals surface area contributed by atoms with Crippen LogP contribution in [0.4, 0.5) is 4.79 Å². The lowest BCUT2D eigenvalue weighted by molar-refractivity contribution is 0.0317. The van der Waals surface area contributed by atoms with Gasteiger partial charge in [-0.05, 0) is 52.2 Å². The van der Waals surface area contributed by atoms with Gasteiger partial charge < -0.3 is 9.64 Å². The van der Waals surface area contributed by atoms with Crippen molar-refractivity contribution in [3.63, 3.8) is 0 Å². The molecule has 0 aliphatic heterocycles. The van der Waals surface area contributed by atoms with Gasteiger partial charge in [-0.2, -0.15) is 5.26 Å². The highest BCUT2D eigenvalue weighted by Crippen LogP contribution is 2.23. The van der Waals surface area contributed by atoms with E-state index in [0.29, 0.717) is 12.1 Å². The van der Waals surface area contributed by atoms with Crippen LogP contribution in [0.25, 0.3) is 0 Å². The standard InChI is InChI=1S/C17H24N2O2/c1-13(15-8-6-7-14(11-15)12-18)9-10-19(5)16(20)21-17(2,3)4/h7,9,11H,6,8,10H2,1-5H3/b13-9+. The van der Waals surface area contributed by atoms with Crippen LogP contribution in [0.1, 0.15) is 40.5 Å². The molecule has 0 aromatic carbocycles. The van der Waals surface area contributed by atoms with Gasteiger partial charge >= 0.3 is 6.09 Å². The molecule has 0 aromatic heterocycles. The van der Waals surface area contributed by atoms with E-state index in [-0.39, 0.29) is 6.09 Å². The molecule has 0 saturated heterocycles. The number of carbonyl (C=O) groups is 1. The smallest absolute Gasteiger partial charge is 0.410 e. The first-order valence-corrected chi connectivity index (χ1v) is 7.15. The summed E-state index contributed by atoms with van der Waals surface area (Å²) in [6.45, 7) is 8.05. The quantitative estimate of drug-likeness (QED) is 0.789. The average molecular weight is 288 g/mol. The molecule has 0 atom stereocenters. The lowest BCUT2D eigenvalue weighted by Crippen LogP contribution is -2.34. The van der Waals surface area contributed by atoms with Crippen molar-refractivity contribution in [3.05, 3.63) is 34.9 Å². The molecule has 0 bridgehead atoms. The summed E-state index contributed by atoms with van der Waals surface area (Å²) in [5.41, 5.74) is 2.49. The molecular formula is C17H24N2O2. The lowest BCUT2D eigenvalue weighted by Gasteiger charge is -2.24. The second-order valence-corrected chi connectivity index (χ2v) is 6.23. The van der Waals surface area contributed by atoms with Crippen LogP contribution in [0.15, 0.2) is 34.9 Å². The Kier molecular flexibility index (Phi) is 5.78. The maximum atomic E-state index is 11.9. The number of allylic oxidation sites excluding steroid dienone is 5. The van der Waals surface area contributed by atoms with Crippen molar-refractivity contribution in [2.75, 3.05) is 13.6 Å². The molecule has 0 aromatic rings. The van der Waals surface area contributed by atoms with Crippen molar-refractivity contribution >= 4 is 6.09 Å². The van der Waals surface area contributed by atoms with Gasteiger partial charge in [-0.15, -0.1) is 0 Å². The fourth-order valence-electron chi connectivity index (χ4n) is 1.91. The minimum absolute atomic E-state index is 0.332. The molecule has 1 aliphatic carbocycles. The number of nitrogens with zero attached hydrogens (tertiary/aromatic N) is 2. The summed E-state index contributed by atoms with van der Waals surface area (Å²) in [7, 11) is 1.72. The van der Waals surface area contributed by atoms with E-state index in [2.05, 4.69) is 6.07 Å². The largest absolute Gasteiger partial charge is 0.444 e. The Labute approximate surface area is 127 Å². The number of ether oxygens (including phenoxy) is 1. The molecule has 114 valence electrons. The monoisotopic (exact) mass is 288 g/mol. The number of carbonyl (C=O) groups excluding carboxylic acids is 1. The van der Waals surface area contributed by atoms with Crippen LogP contribution < -0.4 is 0 Å². The van der Waals surface area contributed by atoms with Crippen molar-refractivity contribution in [1.82, 2.24) is 4.90 Å². The zero-order valence-corrected chi connectivity index (χ0v) is 13.6. The minimum atomic E-state index is -0.484. The molecule has 21 heavy (non-hydrogen) atoms. The summed E-state index contributed by atoms with van der Waals surface area (Å²) >= 11 is 0. The Balaban J connectivity index is 2.64. The van der Waals surface area contributed by atoms with Crippen LogP contribution in [0, 0.1) is 11.3 Å². The molecule has 1 rings (SSSR count). The van der Waals surface area contributed by atoms with Crippen molar-refractivity contribution in [1.29, 1.82) is 5.26 Å². The maximum Gasteiger partial charge on any atom is 0.410 e. The molecule has 4 heteroatoms. The Morgan fingerprint density at radius 2 is 2.19 bits per heavy atom. The Hall–Kier alpha value is -2.02. The number of hydrogen-bond donors (Lipinski definition) is 0. The van der Waals surface area contributed by atoms with Gasteiger partial charge in [0.1, 0.15) is 5.60 Å². The van der Waals surface area contributed by atoms with Crippen molar-refractivity contribution < 1.29 is 9.53 Å². The van der Waals surface area contributed by atoms with Gasteiger partial charge in [-0.1, -0.05) is 17.7 Å². The first-order chi connectivity index (χ1) is 9.73. The number of rotatable bonds is 3. The van der Waals surface area contributed by atoms with E-state index in [4.69, 9.17) is 10.00 Å². The summed E-state index contributed by atoms with van der Waals surface area (Å²) in [4.78, 5) is 13.4. The normalized spacial score (nSPS) is 15.7. The highest BCUT2D eigenvalue weighted by molar-refractivity contribution is 5.68. The fourth-order valence-corrected chi connectivity index (χ4v) is 1.91. The predicted octanol–water partition coefficient (Wildman–Crippen LogP) is 3.97. The number of amides is 1. The molecule has 0 N–H and O–H groups in total. The molecule has 4 nitrogen and oxygen atoms in total. The molecule has 0 saturated carbocycles. The zero-order valence-electron chi connectivity index (χ0n) is 13.6. The second-order valence-electron chi connectivity index (χ2n) is 6.23. The van der Waals surface area contributed by atoms with E-state index in [1.54, 1.807) is 11.9 Å². The van der Waals surface area contributed by atoms with Crippen LogP contribution in [-0.2, 0) is 4.74 Å². The third-order valence-corrected chi connectivity index (χ3v) is 3.12. The third kappa shape index (κ3) is 5.86. The SMILES string of the molecule is C/C(=C\CN(C)C(=O)OC(C)(C)C)C1=CC(C#N)=CCC1. The van der Waals surface area contributed by atoms with Crippen LogP contribution >= 0.6 is 0 Å². The van der Waals surface area contributed by atoms with Gasteiger partial charge in [0.25, 0.3) is 0 Å². The number of hydrogen-bond acceptors (Lipinski definition) is 3. The van der Waals surface area contributed by atoms with Crippen LogP contribution in [0.2, 0.25) is 0 Å². The van der Waals surface area contributed by atoms with Crippen LogP contribution in [0.3, 0.4) is 0 Å². The summed E-state index contributed by atoms with van der Waals surface area (Å²) < 4.78 is 5.30. The molecule has 0 radical (unpaired) electrons. The predicted molar refractivity (Wildman–Crippen MR) is 83.6 cm³/mol. The Bertz CT molecular complexity index is 528. The van der Waals surface area contributed by atoms with E-state index in [9.17, 15) is 4.79 Å². The van der Waals surface area contributed by atoms with Gasteiger partial charge in [0.2, 0.25) is 0 Å². The lowest BCUT2D eigenvalue weighted by atomic mass is 9.94. The molecule has 1 aliphatic rings. The molecule has 0 spiro atoms. The Morgan fingerprint density at radius 1 is 1.52 bits per heavy atom. The van der Waals surface area contributed by atoms with Crippen LogP contribution in [0.5, 0.6) is 0 Å². The first-order valence-electron chi connectivity index (χ1n) is 7.15. The molecule has 0 heterocycles. The van der Waals surface area contributed by atoms with E-state index >= 15 is 0 Å². The van der Waals surface area contributed by atoms with Gasteiger partial charge in [-0.3, -0.25) is 0 Å². The average Bonchev–Trinajstić information content (AvgIpc) is 2.42. The molecular weight excluding hydrogens is 264 g/mol.